The van der Waals surface area contributed by atoms with E-state index in [0.717, 1.165) is 47.5 Å². The molecule has 3 heteroatoms. The smallest absolute Gasteiger partial charge is 0.161 e. The van der Waals surface area contributed by atoms with Crippen LogP contribution in [0.3, 0.4) is 0 Å². The van der Waals surface area contributed by atoms with Crippen LogP contribution in [0.5, 0.6) is 17.2 Å². The first kappa shape index (κ1) is 14.5. The van der Waals surface area contributed by atoms with E-state index in [1.165, 1.54) is 0 Å². The highest BCUT2D eigenvalue weighted by Crippen LogP contribution is 2.34. The maximum atomic E-state index is 5.74. The van der Waals surface area contributed by atoms with Crippen LogP contribution in [0.25, 0.3) is 10.8 Å². The molecule has 0 aliphatic carbocycles. The topological polar surface area (TPSA) is 27.7 Å². The molecule has 0 saturated heterocycles. The lowest BCUT2D eigenvalue weighted by Gasteiger charge is -2.12. The maximum absolute atomic E-state index is 5.74. The van der Waals surface area contributed by atoms with Crippen LogP contribution in [0.4, 0.5) is 0 Å². The van der Waals surface area contributed by atoms with Crippen molar-refractivity contribution in [2.24, 2.45) is 0 Å². The fourth-order valence-electron chi connectivity index (χ4n) is 2.03. The van der Waals surface area contributed by atoms with Crippen LogP contribution in [0.1, 0.15) is 26.7 Å². The zero-order valence-corrected chi connectivity index (χ0v) is 12.4. The molecule has 2 rings (SSSR count). The highest BCUT2D eigenvalue weighted by molar-refractivity contribution is 5.87. The van der Waals surface area contributed by atoms with Crippen LogP contribution in [0, 0.1) is 0 Å². The third kappa shape index (κ3) is 3.35. The molecule has 0 fully saturated rings. The summed E-state index contributed by atoms with van der Waals surface area (Å²) < 4.78 is 16.8. The van der Waals surface area contributed by atoms with Gasteiger partial charge in [0, 0.05) is 0 Å². The number of rotatable bonds is 7. The molecular formula is C17H22O3. The Morgan fingerprint density at radius 2 is 1.50 bits per heavy atom. The van der Waals surface area contributed by atoms with E-state index < -0.39 is 0 Å². The van der Waals surface area contributed by atoms with Crippen molar-refractivity contribution in [3.8, 4) is 17.2 Å². The van der Waals surface area contributed by atoms with Crippen molar-refractivity contribution < 1.29 is 14.2 Å². The molecule has 3 nitrogen and oxygen atoms in total. The number of methoxy groups -OCH3 is 1. The average Bonchev–Trinajstić information content (AvgIpc) is 2.49. The van der Waals surface area contributed by atoms with Crippen molar-refractivity contribution in [1.29, 1.82) is 0 Å². The van der Waals surface area contributed by atoms with Crippen LogP contribution >= 0.6 is 0 Å². The van der Waals surface area contributed by atoms with Crippen molar-refractivity contribution in [2.45, 2.75) is 26.7 Å². The lowest BCUT2D eigenvalue weighted by molar-refractivity contribution is 0.295. The van der Waals surface area contributed by atoms with Gasteiger partial charge in [-0.05, 0) is 47.9 Å². The van der Waals surface area contributed by atoms with E-state index in [4.69, 9.17) is 14.2 Å². The molecule has 0 bridgehead atoms. The molecular weight excluding hydrogens is 252 g/mol. The Balaban J connectivity index is 2.35. The minimum absolute atomic E-state index is 0.688. The van der Waals surface area contributed by atoms with Crippen molar-refractivity contribution in [2.75, 3.05) is 20.3 Å². The van der Waals surface area contributed by atoms with Gasteiger partial charge < -0.3 is 14.2 Å². The highest BCUT2D eigenvalue weighted by Gasteiger charge is 2.07. The summed E-state index contributed by atoms with van der Waals surface area (Å²) in [6, 6.07) is 10.1. The van der Waals surface area contributed by atoms with Crippen molar-refractivity contribution >= 4 is 10.8 Å². The molecule has 2 aromatic carbocycles. The van der Waals surface area contributed by atoms with Gasteiger partial charge in [0.05, 0.1) is 20.3 Å². The molecule has 108 valence electrons. The fourth-order valence-corrected chi connectivity index (χ4v) is 2.03. The molecule has 0 saturated carbocycles. The summed E-state index contributed by atoms with van der Waals surface area (Å²) in [4.78, 5) is 0. The van der Waals surface area contributed by atoms with Crippen molar-refractivity contribution in [1.82, 2.24) is 0 Å². The molecule has 0 N–H and O–H groups in total. The lowest BCUT2D eigenvalue weighted by atomic mass is 10.1. The maximum Gasteiger partial charge on any atom is 0.161 e. The summed E-state index contributed by atoms with van der Waals surface area (Å²) in [5.41, 5.74) is 0. The summed E-state index contributed by atoms with van der Waals surface area (Å²) in [5, 5.41) is 2.22. The number of hydrogen-bond donors (Lipinski definition) is 0. The first-order valence-electron chi connectivity index (χ1n) is 7.15. The van der Waals surface area contributed by atoms with Gasteiger partial charge in [-0.3, -0.25) is 0 Å². The number of benzene rings is 2. The molecule has 0 atom stereocenters. The molecule has 2 aromatic rings. The Kier molecular flexibility index (Phi) is 5.10. The van der Waals surface area contributed by atoms with Crippen LogP contribution in [0.15, 0.2) is 30.3 Å². The number of fused-ring (bicyclic) bond motifs is 1. The third-order valence-electron chi connectivity index (χ3n) is 3.03. The van der Waals surface area contributed by atoms with E-state index in [9.17, 15) is 0 Å². The van der Waals surface area contributed by atoms with E-state index in [2.05, 4.69) is 13.8 Å². The van der Waals surface area contributed by atoms with Crippen LogP contribution < -0.4 is 14.2 Å². The van der Waals surface area contributed by atoms with Gasteiger partial charge in [0.2, 0.25) is 0 Å². The Labute approximate surface area is 120 Å². The largest absolute Gasteiger partial charge is 0.494 e. The lowest BCUT2D eigenvalue weighted by Crippen LogP contribution is -1.98. The fraction of sp³-hybridized carbons (Fsp3) is 0.412. The van der Waals surface area contributed by atoms with Gasteiger partial charge in [-0.25, -0.2) is 0 Å². The Morgan fingerprint density at radius 3 is 2.20 bits per heavy atom. The van der Waals surface area contributed by atoms with Crippen molar-refractivity contribution in [3.63, 3.8) is 0 Å². The molecule has 0 aromatic heterocycles. The van der Waals surface area contributed by atoms with E-state index in [1.54, 1.807) is 7.11 Å². The van der Waals surface area contributed by atoms with Gasteiger partial charge in [-0.1, -0.05) is 19.9 Å². The molecule has 0 spiro atoms. The summed E-state index contributed by atoms with van der Waals surface area (Å²) in [6.07, 6.45) is 1.98. The summed E-state index contributed by atoms with van der Waals surface area (Å²) in [5.74, 6) is 2.45. The average molecular weight is 274 g/mol. The summed E-state index contributed by atoms with van der Waals surface area (Å²) in [7, 11) is 1.67. The Bertz CT molecular complexity index is 563. The molecule has 0 unspecified atom stereocenters. The van der Waals surface area contributed by atoms with Gasteiger partial charge in [-0.15, -0.1) is 0 Å². The summed E-state index contributed by atoms with van der Waals surface area (Å²) >= 11 is 0. The first-order chi connectivity index (χ1) is 9.78. The number of ether oxygens (including phenoxy) is 3. The third-order valence-corrected chi connectivity index (χ3v) is 3.03. The standard InChI is InChI=1S/C17H22O3/c1-4-8-19-15-7-6-13-11-16(18-3)17(20-9-5-2)12-14(13)10-15/h6-7,10-12H,4-5,8-9H2,1-3H3. The number of hydrogen-bond acceptors (Lipinski definition) is 3. The second kappa shape index (κ2) is 7.04. The predicted molar refractivity (Wildman–Crippen MR) is 82.1 cm³/mol. The predicted octanol–water partition coefficient (Wildman–Crippen LogP) is 4.43. The Morgan fingerprint density at radius 1 is 0.800 bits per heavy atom. The van der Waals surface area contributed by atoms with Gasteiger partial charge >= 0.3 is 0 Å². The van der Waals surface area contributed by atoms with Crippen LogP contribution in [-0.2, 0) is 0 Å². The zero-order chi connectivity index (χ0) is 14.4. The zero-order valence-electron chi connectivity index (χ0n) is 12.4. The van der Waals surface area contributed by atoms with Gasteiger partial charge in [0.1, 0.15) is 5.75 Å². The molecule has 0 aliphatic heterocycles. The minimum Gasteiger partial charge on any atom is -0.494 e. The van der Waals surface area contributed by atoms with E-state index in [0.29, 0.717) is 6.61 Å². The second-order valence-corrected chi connectivity index (χ2v) is 4.71. The van der Waals surface area contributed by atoms with Crippen LogP contribution in [-0.4, -0.2) is 20.3 Å². The van der Waals surface area contributed by atoms with E-state index in [-0.39, 0.29) is 0 Å². The molecule has 0 radical (unpaired) electrons. The van der Waals surface area contributed by atoms with E-state index in [1.807, 2.05) is 30.3 Å². The summed E-state index contributed by atoms with van der Waals surface area (Å²) in [6.45, 7) is 5.61. The molecule has 0 heterocycles. The molecule has 0 aliphatic rings. The quantitative estimate of drug-likeness (QED) is 0.747. The second-order valence-electron chi connectivity index (χ2n) is 4.71. The van der Waals surface area contributed by atoms with Gasteiger partial charge in [0.15, 0.2) is 11.5 Å². The first-order valence-corrected chi connectivity index (χ1v) is 7.15. The SMILES string of the molecule is CCCOc1ccc2cc(OC)c(OCCC)cc2c1. The monoisotopic (exact) mass is 274 g/mol. The van der Waals surface area contributed by atoms with Crippen LogP contribution in [0.2, 0.25) is 0 Å². The minimum atomic E-state index is 0.688. The highest BCUT2D eigenvalue weighted by atomic mass is 16.5. The normalized spacial score (nSPS) is 10.6. The van der Waals surface area contributed by atoms with Gasteiger partial charge in [-0.2, -0.15) is 0 Å². The Hall–Kier alpha value is -1.90. The van der Waals surface area contributed by atoms with Gasteiger partial charge in [0.25, 0.3) is 0 Å². The molecule has 20 heavy (non-hydrogen) atoms. The van der Waals surface area contributed by atoms with Crippen molar-refractivity contribution in [3.05, 3.63) is 30.3 Å². The molecule has 0 amide bonds. The van der Waals surface area contributed by atoms with E-state index >= 15 is 0 Å².